The van der Waals surface area contributed by atoms with E-state index in [1.807, 2.05) is 0 Å². The largest absolute Gasteiger partial charge is 0.396 e. The molecule has 0 saturated carbocycles. The SMILES string of the molecule is Cc1cc(SCCO)ccc1F. The van der Waals surface area contributed by atoms with Crippen molar-refractivity contribution in [2.24, 2.45) is 0 Å². The first-order valence-corrected chi connectivity index (χ1v) is 4.72. The van der Waals surface area contributed by atoms with Gasteiger partial charge in [-0.3, -0.25) is 0 Å². The molecule has 0 spiro atoms. The minimum absolute atomic E-state index is 0.154. The lowest BCUT2D eigenvalue weighted by molar-refractivity contribution is 0.322. The second-order valence-corrected chi connectivity index (χ2v) is 3.65. The predicted octanol–water partition coefficient (Wildman–Crippen LogP) is 2.22. The summed E-state index contributed by atoms with van der Waals surface area (Å²) in [5, 5.41) is 8.56. The molecule has 0 aliphatic carbocycles. The Morgan fingerprint density at radius 3 is 2.83 bits per heavy atom. The van der Waals surface area contributed by atoms with Gasteiger partial charge in [-0.25, -0.2) is 4.39 Å². The first-order valence-electron chi connectivity index (χ1n) is 3.74. The number of aliphatic hydroxyl groups is 1. The number of aryl methyl sites for hydroxylation is 1. The summed E-state index contributed by atoms with van der Waals surface area (Å²) < 4.78 is 12.8. The number of benzene rings is 1. The van der Waals surface area contributed by atoms with E-state index in [1.54, 1.807) is 19.1 Å². The molecule has 66 valence electrons. The summed E-state index contributed by atoms with van der Waals surface area (Å²) in [4.78, 5) is 1.00. The van der Waals surface area contributed by atoms with Crippen LogP contribution in [0.3, 0.4) is 0 Å². The first-order chi connectivity index (χ1) is 5.74. The maximum Gasteiger partial charge on any atom is 0.126 e. The zero-order valence-electron chi connectivity index (χ0n) is 6.88. The standard InChI is InChI=1S/C9H11FOS/c1-7-6-8(12-5-4-11)2-3-9(7)10/h2-3,6,11H,4-5H2,1H3. The first kappa shape index (κ1) is 9.55. The molecule has 0 heterocycles. The molecule has 0 saturated heterocycles. The Kier molecular flexibility index (Phi) is 3.56. The molecular weight excluding hydrogens is 175 g/mol. The van der Waals surface area contributed by atoms with Crippen LogP contribution in [-0.2, 0) is 0 Å². The topological polar surface area (TPSA) is 20.2 Å². The van der Waals surface area contributed by atoms with Gasteiger partial charge in [0.15, 0.2) is 0 Å². The van der Waals surface area contributed by atoms with Crippen LogP contribution in [0, 0.1) is 12.7 Å². The fraction of sp³-hybridized carbons (Fsp3) is 0.333. The number of hydrogen-bond donors (Lipinski definition) is 1. The monoisotopic (exact) mass is 186 g/mol. The average molecular weight is 186 g/mol. The fourth-order valence-electron chi connectivity index (χ4n) is 0.870. The molecule has 0 atom stereocenters. The number of thioether (sulfide) groups is 1. The molecule has 0 radical (unpaired) electrons. The third-order valence-corrected chi connectivity index (χ3v) is 2.46. The van der Waals surface area contributed by atoms with E-state index in [-0.39, 0.29) is 12.4 Å². The Bertz CT molecular complexity index is 263. The van der Waals surface area contributed by atoms with Gasteiger partial charge in [-0.2, -0.15) is 0 Å². The number of rotatable bonds is 3. The van der Waals surface area contributed by atoms with Gasteiger partial charge in [0.05, 0.1) is 6.61 Å². The van der Waals surface area contributed by atoms with Crippen LogP contribution in [0.5, 0.6) is 0 Å². The highest BCUT2D eigenvalue weighted by Gasteiger charge is 1.98. The Morgan fingerprint density at radius 2 is 2.25 bits per heavy atom. The van der Waals surface area contributed by atoms with E-state index in [9.17, 15) is 4.39 Å². The fourth-order valence-corrected chi connectivity index (χ4v) is 1.62. The van der Waals surface area contributed by atoms with Gasteiger partial charge in [-0.1, -0.05) is 0 Å². The van der Waals surface area contributed by atoms with Crippen molar-refractivity contribution in [2.45, 2.75) is 11.8 Å². The molecule has 0 fully saturated rings. The Hall–Kier alpha value is -0.540. The molecule has 1 N–H and O–H groups in total. The highest BCUT2D eigenvalue weighted by molar-refractivity contribution is 7.99. The van der Waals surface area contributed by atoms with E-state index in [0.29, 0.717) is 11.3 Å². The summed E-state index contributed by atoms with van der Waals surface area (Å²) in [7, 11) is 0. The normalized spacial score (nSPS) is 10.2. The molecule has 0 aliphatic heterocycles. The minimum atomic E-state index is -0.177. The second-order valence-electron chi connectivity index (χ2n) is 2.48. The molecule has 1 aromatic rings. The molecule has 3 heteroatoms. The Labute approximate surface area is 75.6 Å². The van der Waals surface area contributed by atoms with Crippen molar-refractivity contribution in [3.8, 4) is 0 Å². The van der Waals surface area contributed by atoms with Gasteiger partial charge in [0.2, 0.25) is 0 Å². The molecule has 1 aromatic carbocycles. The van der Waals surface area contributed by atoms with Crippen LogP contribution >= 0.6 is 11.8 Å². The van der Waals surface area contributed by atoms with Gasteiger partial charge in [-0.05, 0) is 30.7 Å². The molecule has 12 heavy (non-hydrogen) atoms. The van der Waals surface area contributed by atoms with E-state index < -0.39 is 0 Å². The third kappa shape index (κ3) is 2.50. The zero-order chi connectivity index (χ0) is 8.97. The summed E-state index contributed by atoms with van der Waals surface area (Å²) in [6.07, 6.45) is 0. The maximum absolute atomic E-state index is 12.8. The van der Waals surface area contributed by atoms with Crippen LogP contribution in [0.1, 0.15) is 5.56 Å². The smallest absolute Gasteiger partial charge is 0.126 e. The second kappa shape index (κ2) is 4.48. The van der Waals surface area contributed by atoms with E-state index in [0.717, 1.165) is 4.90 Å². The van der Waals surface area contributed by atoms with E-state index >= 15 is 0 Å². The molecule has 1 nitrogen and oxygen atoms in total. The van der Waals surface area contributed by atoms with Crippen LogP contribution in [0.4, 0.5) is 4.39 Å². The van der Waals surface area contributed by atoms with Gasteiger partial charge in [0.1, 0.15) is 5.82 Å². The third-order valence-electron chi connectivity index (χ3n) is 1.49. The Balaban J connectivity index is 2.69. The number of halogens is 1. The number of hydrogen-bond acceptors (Lipinski definition) is 2. The van der Waals surface area contributed by atoms with Gasteiger partial charge >= 0.3 is 0 Å². The van der Waals surface area contributed by atoms with E-state index in [1.165, 1.54) is 17.8 Å². The summed E-state index contributed by atoms with van der Waals surface area (Å²) in [5.74, 6) is 0.480. The van der Waals surface area contributed by atoms with Gasteiger partial charge in [0, 0.05) is 10.6 Å². The molecule has 0 amide bonds. The number of aliphatic hydroxyl groups excluding tert-OH is 1. The van der Waals surface area contributed by atoms with Crippen molar-refractivity contribution >= 4 is 11.8 Å². The summed E-state index contributed by atoms with van der Waals surface area (Å²) in [6.45, 7) is 1.89. The summed E-state index contributed by atoms with van der Waals surface area (Å²) in [6, 6.07) is 4.97. The van der Waals surface area contributed by atoms with Crippen molar-refractivity contribution < 1.29 is 9.50 Å². The van der Waals surface area contributed by atoms with Gasteiger partial charge in [0.25, 0.3) is 0 Å². The van der Waals surface area contributed by atoms with Gasteiger partial charge in [-0.15, -0.1) is 11.8 Å². The van der Waals surface area contributed by atoms with Crippen LogP contribution in [-0.4, -0.2) is 17.5 Å². The maximum atomic E-state index is 12.8. The van der Waals surface area contributed by atoms with E-state index in [2.05, 4.69) is 0 Å². The van der Waals surface area contributed by atoms with Crippen molar-refractivity contribution in [2.75, 3.05) is 12.4 Å². The minimum Gasteiger partial charge on any atom is -0.396 e. The lowest BCUT2D eigenvalue weighted by Crippen LogP contribution is -1.87. The van der Waals surface area contributed by atoms with Crippen molar-refractivity contribution in [1.29, 1.82) is 0 Å². The van der Waals surface area contributed by atoms with Crippen LogP contribution in [0.25, 0.3) is 0 Å². The van der Waals surface area contributed by atoms with Crippen LogP contribution < -0.4 is 0 Å². The lowest BCUT2D eigenvalue weighted by Gasteiger charge is -2.01. The lowest BCUT2D eigenvalue weighted by atomic mass is 10.2. The van der Waals surface area contributed by atoms with Gasteiger partial charge < -0.3 is 5.11 Å². The average Bonchev–Trinajstić information content (AvgIpc) is 2.07. The van der Waals surface area contributed by atoms with Crippen molar-refractivity contribution in [3.63, 3.8) is 0 Å². The molecule has 0 aliphatic rings. The van der Waals surface area contributed by atoms with Crippen LogP contribution in [0.2, 0.25) is 0 Å². The quantitative estimate of drug-likeness (QED) is 0.730. The molecule has 0 aromatic heterocycles. The highest BCUT2D eigenvalue weighted by Crippen LogP contribution is 2.19. The van der Waals surface area contributed by atoms with Crippen LogP contribution in [0.15, 0.2) is 23.1 Å². The molecular formula is C9H11FOS. The summed E-state index contributed by atoms with van der Waals surface area (Å²) >= 11 is 1.53. The van der Waals surface area contributed by atoms with E-state index in [4.69, 9.17) is 5.11 Å². The molecule has 0 bridgehead atoms. The van der Waals surface area contributed by atoms with Crippen molar-refractivity contribution in [1.82, 2.24) is 0 Å². The van der Waals surface area contributed by atoms with Crippen molar-refractivity contribution in [3.05, 3.63) is 29.6 Å². The molecule has 1 rings (SSSR count). The zero-order valence-corrected chi connectivity index (χ0v) is 7.70. The Morgan fingerprint density at radius 1 is 1.50 bits per heavy atom. The molecule has 0 unspecified atom stereocenters. The predicted molar refractivity (Wildman–Crippen MR) is 48.9 cm³/mol. The highest BCUT2D eigenvalue weighted by atomic mass is 32.2. The summed E-state index contributed by atoms with van der Waals surface area (Å²) in [5.41, 5.74) is 0.651.